The van der Waals surface area contributed by atoms with Crippen LogP contribution >= 0.6 is 0 Å². The van der Waals surface area contributed by atoms with Crippen molar-refractivity contribution in [3.8, 4) is 0 Å². The highest BCUT2D eigenvalue weighted by Gasteiger charge is 2.33. The zero-order valence-corrected chi connectivity index (χ0v) is 16.6. The molecule has 2 heterocycles. The van der Waals surface area contributed by atoms with E-state index in [0.29, 0.717) is 23.2 Å². The summed E-state index contributed by atoms with van der Waals surface area (Å²) in [6, 6.07) is 7.44. The summed E-state index contributed by atoms with van der Waals surface area (Å²) in [5.74, 6) is -0.453. The van der Waals surface area contributed by atoms with E-state index in [1.165, 1.54) is 4.90 Å². The third-order valence-electron chi connectivity index (χ3n) is 5.29. The molecule has 0 unspecified atom stereocenters. The molecule has 1 aliphatic rings. The number of nitrogens with zero attached hydrogens (tertiary/aromatic N) is 5. The Kier molecular flexibility index (Phi) is 4.85. The standard InChI is InChI=1S/C21H25N5O2/c1-4-5-12-26-19-14-8-6-9-15-18(14)16(13-17(19)22-23-26)21(28)25(20(15)27)11-7-10-24(2)3/h6,8-9,13H,4-5,7,10-12H2,1-3H3. The van der Waals surface area contributed by atoms with E-state index in [-0.39, 0.29) is 11.8 Å². The van der Waals surface area contributed by atoms with E-state index in [9.17, 15) is 9.59 Å². The van der Waals surface area contributed by atoms with Crippen LogP contribution in [0.2, 0.25) is 0 Å². The first-order chi connectivity index (χ1) is 13.5. The normalized spacial score (nSPS) is 14.1. The van der Waals surface area contributed by atoms with Gasteiger partial charge in [-0.1, -0.05) is 30.7 Å². The van der Waals surface area contributed by atoms with Crippen LogP contribution < -0.4 is 0 Å². The van der Waals surface area contributed by atoms with Crippen LogP contribution in [0.5, 0.6) is 0 Å². The van der Waals surface area contributed by atoms with Gasteiger partial charge in [0.2, 0.25) is 0 Å². The Bertz CT molecular complexity index is 1070. The molecule has 146 valence electrons. The van der Waals surface area contributed by atoms with Crippen molar-refractivity contribution in [2.75, 3.05) is 27.2 Å². The summed E-state index contributed by atoms with van der Waals surface area (Å²) in [5.41, 5.74) is 2.73. The SMILES string of the molecule is CCCCn1nnc2cc3c4c(cccc4c21)C(=O)N(CCCN(C)C)C3=O. The van der Waals surface area contributed by atoms with E-state index in [0.717, 1.165) is 48.6 Å². The van der Waals surface area contributed by atoms with Gasteiger partial charge in [-0.2, -0.15) is 0 Å². The number of unbranched alkanes of at least 4 members (excludes halogenated alkanes) is 1. The second-order valence-corrected chi connectivity index (χ2v) is 7.60. The van der Waals surface area contributed by atoms with E-state index >= 15 is 0 Å². The summed E-state index contributed by atoms with van der Waals surface area (Å²) in [5, 5.41) is 10.2. The molecule has 7 nitrogen and oxygen atoms in total. The second kappa shape index (κ2) is 7.31. The summed E-state index contributed by atoms with van der Waals surface area (Å²) < 4.78 is 1.89. The number of hydrogen-bond acceptors (Lipinski definition) is 5. The highest BCUT2D eigenvalue weighted by atomic mass is 16.2. The number of benzene rings is 2. The van der Waals surface area contributed by atoms with Gasteiger partial charge in [-0.15, -0.1) is 5.10 Å². The van der Waals surface area contributed by atoms with Crippen molar-refractivity contribution in [1.29, 1.82) is 0 Å². The maximum Gasteiger partial charge on any atom is 0.261 e. The number of imide groups is 1. The Balaban J connectivity index is 1.84. The molecular formula is C21H25N5O2. The van der Waals surface area contributed by atoms with Gasteiger partial charge >= 0.3 is 0 Å². The second-order valence-electron chi connectivity index (χ2n) is 7.60. The number of aryl methyl sites for hydroxylation is 1. The average Bonchev–Trinajstić information content (AvgIpc) is 3.09. The molecule has 0 spiro atoms. The Morgan fingerprint density at radius 3 is 2.57 bits per heavy atom. The number of hydrogen-bond donors (Lipinski definition) is 0. The lowest BCUT2D eigenvalue weighted by molar-refractivity contribution is 0.0606. The Hall–Kier alpha value is -2.80. The van der Waals surface area contributed by atoms with Crippen molar-refractivity contribution < 1.29 is 9.59 Å². The van der Waals surface area contributed by atoms with Gasteiger partial charge in [0.05, 0.1) is 11.1 Å². The van der Waals surface area contributed by atoms with Crippen molar-refractivity contribution >= 4 is 33.6 Å². The molecule has 0 bridgehead atoms. The van der Waals surface area contributed by atoms with Crippen LogP contribution in [0.1, 0.15) is 46.9 Å². The molecule has 0 saturated carbocycles. The minimum absolute atomic E-state index is 0.214. The van der Waals surface area contributed by atoms with Crippen LogP contribution in [0.15, 0.2) is 24.3 Å². The number of amides is 2. The average molecular weight is 379 g/mol. The molecule has 3 aromatic rings. The largest absolute Gasteiger partial charge is 0.309 e. The van der Waals surface area contributed by atoms with Gasteiger partial charge in [-0.3, -0.25) is 14.5 Å². The summed E-state index contributed by atoms with van der Waals surface area (Å²) in [7, 11) is 3.96. The number of fused-ring (bicyclic) bond motifs is 2. The third kappa shape index (κ3) is 2.96. The van der Waals surface area contributed by atoms with Crippen LogP contribution in [-0.4, -0.2) is 63.8 Å². The van der Waals surface area contributed by atoms with Gasteiger partial charge in [0.25, 0.3) is 11.8 Å². The molecule has 0 fully saturated rings. The Labute approximate surface area is 163 Å². The lowest BCUT2D eigenvalue weighted by atomic mass is 9.93. The number of carbonyl (C=O) groups is 2. The molecular weight excluding hydrogens is 354 g/mol. The monoisotopic (exact) mass is 379 g/mol. The molecule has 0 N–H and O–H groups in total. The minimum atomic E-state index is -0.238. The fourth-order valence-electron chi connectivity index (χ4n) is 3.89. The summed E-state index contributed by atoms with van der Waals surface area (Å²) >= 11 is 0. The van der Waals surface area contributed by atoms with Crippen LogP contribution in [0.4, 0.5) is 0 Å². The quantitative estimate of drug-likeness (QED) is 0.590. The van der Waals surface area contributed by atoms with E-state index in [4.69, 9.17) is 0 Å². The zero-order valence-electron chi connectivity index (χ0n) is 16.6. The fraction of sp³-hybridized carbons (Fsp3) is 0.429. The fourth-order valence-corrected chi connectivity index (χ4v) is 3.89. The van der Waals surface area contributed by atoms with Gasteiger partial charge in [-0.05, 0) is 45.6 Å². The van der Waals surface area contributed by atoms with E-state index < -0.39 is 0 Å². The number of aromatic nitrogens is 3. The Morgan fingerprint density at radius 1 is 1.04 bits per heavy atom. The van der Waals surface area contributed by atoms with Gasteiger partial charge in [-0.25, -0.2) is 4.68 Å². The molecule has 0 aliphatic carbocycles. The number of rotatable bonds is 7. The molecule has 7 heteroatoms. The highest BCUT2D eigenvalue weighted by molar-refractivity contribution is 6.28. The van der Waals surface area contributed by atoms with Gasteiger partial charge in [0.15, 0.2) is 0 Å². The smallest absolute Gasteiger partial charge is 0.261 e. The van der Waals surface area contributed by atoms with Gasteiger partial charge < -0.3 is 4.90 Å². The topological polar surface area (TPSA) is 71.3 Å². The van der Waals surface area contributed by atoms with E-state index in [2.05, 4.69) is 17.2 Å². The molecule has 4 rings (SSSR count). The summed E-state index contributed by atoms with van der Waals surface area (Å²) in [6.07, 6.45) is 2.80. The molecule has 2 amide bonds. The van der Waals surface area contributed by atoms with Gasteiger partial charge in [0.1, 0.15) is 5.52 Å². The van der Waals surface area contributed by atoms with Crippen molar-refractivity contribution in [1.82, 2.24) is 24.8 Å². The van der Waals surface area contributed by atoms with Crippen molar-refractivity contribution in [3.63, 3.8) is 0 Å². The molecule has 1 aliphatic heterocycles. The molecule has 28 heavy (non-hydrogen) atoms. The third-order valence-corrected chi connectivity index (χ3v) is 5.29. The summed E-state index contributed by atoms with van der Waals surface area (Å²) in [6.45, 7) is 4.13. The first-order valence-corrected chi connectivity index (χ1v) is 9.82. The van der Waals surface area contributed by atoms with Crippen LogP contribution in [-0.2, 0) is 6.54 Å². The molecule has 1 aromatic heterocycles. The van der Waals surface area contributed by atoms with Crippen LogP contribution in [0.25, 0.3) is 21.8 Å². The van der Waals surface area contributed by atoms with E-state index in [1.807, 2.05) is 41.9 Å². The van der Waals surface area contributed by atoms with Crippen LogP contribution in [0, 0.1) is 0 Å². The first kappa shape index (κ1) is 18.6. The molecule has 0 radical (unpaired) electrons. The molecule has 2 aromatic carbocycles. The molecule has 0 atom stereocenters. The Morgan fingerprint density at radius 2 is 1.82 bits per heavy atom. The van der Waals surface area contributed by atoms with Crippen molar-refractivity contribution in [2.24, 2.45) is 0 Å². The van der Waals surface area contributed by atoms with Crippen molar-refractivity contribution in [2.45, 2.75) is 32.7 Å². The first-order valence-electron chi connectivity index (χ1n) is 9.82. The minimum Gasteiger partial charge on any atom is -0.309 e. The number of carbonyl (C=O) groups excluding carboxylic acids is 2. The maximum atomic E-state index is 13.1. The highest BCUT2D eigenvalue weighted by Crippen LogP contribution is 2.35. The molecule has 0 saturated heterocycles. The predicted molar refractivity (Wildman–Crippen MR) is 108 cm³/mol. The predicted octanol–water partition coefficient (Wildman–Crippen LogP) is 2.93. The lowest BCUT2D eigenvalue weighted by Gasteiger charge is -2.27. The maximum absolute atomic E-state index is 13.1. The van der Waals surface area contributed by atoms with Crippen molar-refractivity contribution in [3.05, 3.63) is 35.4 Å². The summed E-state index contributed by atoms with van der Waals surface area (Å²) in [4.78, 5) is 29.6. The lowest BCUT2D eigenvalue weighted by Crippen LogP contribution is -2.41. The van der Waals surface area contributed by atoms with Gasteiger partial charge in [0, 0.05) is 29.4 Å². The zero-order chi connectivity index (χ0) is 19.8. The van der Waals surface area contributed by atoms with E-state index in [1.54, 1.807) is 6.07 Å². The van der Waals surface area contributed by atoms with Crippen LogP contribution in [0.3, 0.4) is 0 Å².